The van der Waals surface area contributed by atoms with Crippen molar-refractivity contribution in [2.75, 3.05) is 0 Å². The second-order valence-electron chi connectivity index (χ2n) is 6.57. The van der Waals surface area contributed by atoms with Crippen LogP contribution < -0.4 is 5.32 Å². The number of halogens is 1. The first kappa shape index (κ1) is 16.7. The van der Waals surface area contributed by atoms with Gasteiger partial charge in [-0.05, 0) is 49.6 Å². The molecule has 1 aliphatic rings. The molecular formula is C19H18ClN5O. The summed E-state index contributed by atoms with van der Waals surface area (Å²) >= 11 is 5.95. The molecular weight excluding hydrogens is 350 g/mol. The van der Waals surface area contributed by atoms with E-state index in [2.05, 4.69) is 25.5 Å². The number of benzene rings is 1. The minimum absolute atomic E-state index is 0.00616. The molecule has 1 aromatic carbocycles. The summed E-state index contributed by atoms with van der Waals surface area (Å²) in [6.45, 7) is 1.89. The third-order valence-electron chi connectivity index (χ3n) is 4.76. The van der Waals surface area contributed by atoms with Crippen molar-refractivity contribution in [3.63, 3.8) is 0 Å². The SMILES string of the molecule is C[C@H](NC(=O)C1(c2ccc(Cl)cc2)CC1)c1nc(-c2cccnc2)n[nH]1. The molecule has 4 rings (SSSR count). The smallest absolute Gasteiger partial charge is 0.231 e. The van der Waals surface area contributed by atoms with Gasteiger partial charge < -0.3 is 5.32 Å². The van der Waals surface area contributed by atoms with E-state index in [1.54, 1.807) is 12.4 Å². The van der Waals surface area contributed by atoms with Gasteiger partial charge in [0.15, 0.2) is 5.82 Å². The summed E-state index contributed by atoms with van der Waals surface area (Å²) in [7, 11) is 0. The van der Waals surface area contributed by atoms with Crippen molar-refractivity contribution >= 4 is 17.5 Å². The van der Waals surface area contributed by atoms with Gasteiger partial charge in [0.05, 0.1) is 11.5 Å². The number of rotatable bonds is 5. The van der Waals surface area contributed by atoms with Gasteiger partial charge in [-0.25, -0.2) is 4.98 Å². The Labute approximate surface area is 156 Å². The van der Waals surface area contributed by atoms with E-state index in [9.17, 15) is 4.79 Å². The van der Waals surface area contributed by atoms with Crippen molar-refractivity contribution in [1.29, 1.82) is 0 Å². The fourth-order valence-corrected chi connectivity index (χ4v) is 3.16. The zero-order valence-electron chi connectivity index (χ0n) is 14.2. The van der Waals surface area contributed by atoms with Gasteiger partial charge >= 0.3 is 0 Å². The molecule has 26 heavy (non-hydrogen) atoms. The first-order valence-corrected chi connectivity index (χ1v) is 8.86. The van der Waals surface area contributed by atoms with Crippen LogP contribution >= 0.6 is 11.6 Å². The van der Waals surface area contributed by atoms with Gasteiger partial charge in [-0.3, -0.25) is 14.9 Å². The molecule has 0 aliphatic heterocycles. The Bertz CT molecular complexity index is 919. The number of carbonyl (C=O) groups excluding carboxylic acids is 1. The van der Waals surface area contributed by atoms with E-state index in [-0.39, 0.29) is 11.9 Å². The Hall–Kier alpha value is -2.73. The zero-order chi connectivity index (χ0) is 18.1. The zero-order valence-corrected chi connectivity index (χ0v) is 15.0. The number of aromatic amines is 1. The van der Waals surface area contributed by atoms with E-state index in [0.717, 1.165) is 24.0 Å². The summed E-state index contributed by atoms with van der Waals surface area (Å²) in [5.74, 6) is 1.18. The molecule has 7 heteroatoms. The van der Waals surface area contributed by atoms with Crippen LogP contribution in [0.5, 0.6) is 0 Å². The molecule has 1 fully saturated rings. The van der Waals surface area contributed by atoms with Crippen LogP contribution in [0.2, 0.25) is 5.02 Å². The molecule has 0 spiro atoms. The van der Waals surface area contributed by atoms with Gasteiger partial charge in [-0.15, -0.1) is 0 Å². The first-order valence-electron chi connectivity index (χ1n) is 8.48. The summed E-state index contributed by atoms with van der Waals surface area (Å²) in [5, 5.41) is 10.9. The number of pyridine rings is 1. The first-order chi connectivity index (χ1) is 12.6. The number of hydrogen-bond acceptors (Lipinski definition) is 4. The normalized spacial score (nSPS) is 16.1. The molecule has 1 saturated carbocycles. The Morgan fingerprint density at radius 3 is 2.69 bits per heavy atom. The lowest BCUT2D eigenvalue weighted by Crippen LogP contribution is -2.36. The van der Waals surface area contributed by atoms with Crippen molar-refractivity contribution < 1.29 is 4.79 Å². The minimum atomic E-state index is -0.453. The maximum atomic E-state index is 12.9. The molecule has 0 unspecified atom stereocenters. The Morgan fingerprint density at radius 1 is 1.27 bits per heavy atom. The second kappa shape index (κ2) is 6.53. The van der Waals surface area contributed by atoms with E-state index in [0.29, 0.717) is 16.7 Å². The third-order valence-corrected chi connectivity index (χ3v) is 5.01. The molecule has 132 valence electrons. The average molecular weight is 368 g/mol. The molecule has 0 saturated heterocycles. The van der Waals surface area contributed by atoms with Crippen molar-refractivity contribution in [2.45, 2.75) is 31.2 Å². The van der Waals surface area contributed by atoms with Crippen LogP contribution in [0.3, 0.4) is 0 Å². The fraction of sp³-hybridized carbons (Fsp3) is 0.263. The van der Waals surface area contributed by atoms with E-state index in [1.807, 2.05) is 43.3 Å². The van der Waals surface area contributed by atoms with Crippen molar-refractivity contribution in [3.05, 3.63) is 65.2 Å². The van der Waals surface area contributed by atoms with Crippen LogP contribution in [-0.2, 0) is 10.2 Å². The van der Waals surface area contributed by atoms with Crippen LogP contribution in [0.4, 0.5) is 0 Å². The summed E-state index contributed by atoms with van der Waals surface area (Å²) in [5.41, 5.74) is 1.37. The minimum Gasteiger partial charge on any atom is -0.346 e. The molecule has 1 amide bonds. The highest BCUT2D eigenvalue weighted by atomic mass is 35.5. The van der Waals surface area contributed by atoms with Crippen molar-refractivity contribution in [1.82, 2.24) is 25.5 Å². The predicted molar refractivity (Wildman–Crippen MR) is 98.5 cm³/mol. The van der Waals surface area contributed by atoms with Crippen LogP contribution in [0.1, 0.15) is 37.2 Å². The van der Waals surface area contributed by atoms with Crippen LogP contribution in [0, 0.1) is 0 Å². The number of H-pyrrole nitrogens is 1. The van der Waals surface area contributed by atoms with Gasteiger partial charge in [0.25, 0.3) is 0 Å². The van der Waals surface area contributed by atoms with Gasteiger partial charge in [0, 0.05) is 23.0 Å². The van der Waals surface area contributed by atoms with E-state index in [4.69, 9.17) is 11.6 Å². The molecule has 2 N–H and O–H groups in total. The molecule has 1 atom stereocenters. The standard InChI is InChI=1S/C19H18ClN5O/c1-12(16-23-17(25-24-16)13-3-2-10-21-11-13)22-18(26)19(8-9-19)14-4-6-15(20)7-5-14/h2-7,10-12H,8-9H2,1H3,(H,22,26)(H,23,24,25)/t12-/m0/s1. The molecule has 3 aromatic rings. The fourth-order valence-electron chi connectivity index (χ4n) is 3.04. The summed E-state index contributed by atoms with van der Waals surface area (Å²) in [6, 6.07) is 10.9. The van der Waals surface area contributed by atoms with Gasteiger partial charge in [0.1, 0.15) is 5.82 Å². The molecule has 2 aromatic heterocycles. The highest BCUT2D eigenvalue weighted by molar-refractivity contribution is 6.30. The summed E-state index contributed by atoms with van der Waals surface area (Å²) in [4.78, 5) is 21.4. The molecule has 6 nitrogen and oxygen atoms in total. The van der Waals surface area contributed by atoms with Crippen molar-refractivity contribution in [2.24, 2.45) is 0 Å². The number of nitrogens with one attached hydrogen (secondary N) is 2. The van der Waals surface area contributed by atoms with Crippen LogP contribution in [-0.4, -0.2) is 26.1 Å². The van der Waals surface area contributed by atoms with E-state index in [1.165, 1.54) is 0 Å². The number of aromatic nitrogens is 4. The maximum Gasteiger partial charge on any atom is 0.231 e. The van der Waals surface area contributed by atoms with Gasteiger partial charge in [0.2, 0.25) is 5.91 Å². The van der Waals surface area contributed by atoms with E-state index < -0.39 is 5.41 Å². The molecule has 2 heterocycles. The monoisotopic (exact) mass is 367 g/mol. The lowest BCUT2D eigenvalue weighted by atomic mass is 9.94. The van der Waals surface area contributed by atoms with Crippen LogP contribution in [0.15, 0.2) is 48.8 Å². The Balaban J connectivity index is 1.48. The largest absolute Gasteiger partial charge is 0.346 e. The van der Waals surface area contributed by atoms with Crippen molar-refractivity contribution in [3.8, 4) is 11.4 Å². The van der Waals surface area contributed by atoms with Crippen LogP contribution in [0.25, 0.3) is 11.4 Å². The lowest BCUT2D eigenvalue weighted by molar-refractivity contribution is -0.124. The highest BCUT2D eigenvalue weighted by Gasteiger charge is 2.51. The second-order valence-corrected chi connectivity index (χ2v) is 7.01. The number of amides is 1. The number of hydrogen-bond donors (Lipinski definition) is 2. The van der Waals surface area contributed by atoms with E-state index >= 15 is 0 Å². The number of nitrogens with zero attached hydrogens (tertiary/aromatic N) is 3. The number of carbonyl (C=O) groups is 1. The Morgan fingerprint density at radius 2 is 2.04 bits per heavy atom. The highest BCUT2D eigenvalue weighted by Crippen LogP contribution is 2.48. The molecule has 1 aliphatic carbocycles. The van der Waals surface area contributed by atoms with Gasteiger partial charge in [-0.2, -0.15) is 5.10 Å². The summed E-state index contributed by atoms with van der Waals surface area (Å²) in [6.07, 6.45) is 5.08. The predicted octanol–water partition coefficient (Wildman–Crippen LogP) is 3.43. The third kappa shape index (κ3) is 3.08. The lowest BCUT2D eigenvalue weighted by Gasteiger charge is -2.18. The molecule has 0 radical (unpaired) electrons. The average Bonchev–Trinajstić information content (AvgIpc) is 3.32. The summed E-state index contributed by atoms with van der Waals surface area (Å²) < 4.78 is 0. The van der Waals surface area contributed by atoms with Gasteiger partial charge in [-0.1, -0.05) is 23.7 Å². The topological polar surface area (TPSA) is 83.6 Å². The quantitative estimate of drug-likeness (QED) is 0.723. The molecule has 0 bridgehead atoms. The maximum absolute atomic E-state index is 12.9. The Kier molecular flexibility index (Phi) is 4.20.